The second-order valence-corrected chi connectivity index (χ2v) is 9.09. The Morgan fingerprint density at radius 1 is 0.968 bits per heavy atom. The first-order valence-electron chi connectivity index (χ1n) is 11.1. The summed E-state index contributed by atoms with van der Waals surface area (Å²) in [6, 6.07) is -1.36. The van der Waals surface area contributed by atoms with E-state index >= 15 is 0 Å². The Bertz CT molecular complexity index is 709. The third kappa shape index (κ3) is 7.92. The maximum absolute atomic E-state index is 12.7. The molecule has 1 aliphatic heterocycles. The maximum atomic E-state index is 12.7. The highest BCUT2D eigenvalue weighted by molar-refractivity contribution is 6.12. The zero-order valence-corrected chi connectivity index (χ0v) is 19.6. The van der Waals surface area contributed by atoms with E-state index in [1.165, 1.54) is 17.1 Å². The highest BCUT2D eigenvalue weighted by Gasteiger charge is 2.32. The van der Waals surface area contributed by atoms with Crippen LogP contribution in [0.3, 0.4) is 0 Å². The molecule has 1 rings (SSSR count). The van der Waals surface area contributed by atoms with Crippen LogP contribution in [0.4, 0.5) is 0 Å². The van der Waals surface area contributed by atoms with Gasteiger partial charge < -0.3 is 10.6 Å². The number of Topliss-reactive ketones (excluding diaryl/α,β-unsaturated/α-hetero) is 1. The van der Waals surface area contributed by atoms with Gasteiger partial charge in [0.2, 0.25) is 11.8 Å². The van der Waals surface area contributed by atoms with E-state index in [1.807, 2.05) is 34.6 Å². The summed E-state index contributed by atoms with van der Waals surface area (Å²) in [5.74, 6) is -1.38. The van der Waals surface area contributed by atoms with Gasteiger partial charge in [0.15, 0.2) is 5.78 Å². The third-order valence-corrected chi connectivity index (χ3v) is 5.75. The minimum atomic E-state index is -0.724. The molecule has 0 aliphatic carbocycles. The molecule has 174 valence electrons. The molecule has 4 amide bonds. The Balaban J connectivity index is 2.44. The molecule has 31 heavy (non-hydrogen) atoms. The lowest BCUT2D eigenvalue weighted by atomic mass is 9.82. The second-order valence-electron chi connectivity index (χ2n) is 9.09. The van der Waals surface area contributed by atoms with Crippen molar-refractivity contribution in [1.82, 2.24) is 15.5 Å². The highest BCUT2D eigenvalue weighted by atomic mass is 16.2. The van der Waals surface area contributed by atoms with Crippen LogP contribution in [-0.2, 0) is 24.0 Å². The Morgan fingerprint density at radius 2 is 1.55 bits per heavy atom. The quantitative estimate of drug-likeness (QED) is 0.340. The predicted octanol–water partition coefficient (Wildman–Crippen LogP) is 2.12. The van der Waals surface area contributed by atoms with Crippen molar-refractivity contribution in [3.63, 3.8) is 0 Å². The Labute approximate surface area is 185 Å². The number of carbonyl (C=O) groups excluding carboxylic acids is 5. The van der Waals surface area contributed by atoms with Gasteiger partial charge >= 0.3 is 0 Å². The molecule has 0 fully saturated rings. The molecule has 0 saturated carbocycles. The van der Waals surface area contributed by atoms with Crippen LogP contribution < -0.4 is 10.6 Å². The van der Waals surface area contributed by atoms with Gasteiger partial charge in [0.25, 0.3) is 11.8 Å². The number of amides is 4. The molecule has 8 nitrogen and oxygen atoms in total. The molecule has 0 spiro atoms. The largest absolute Gasteiger partial charge is 0.345 e. The minimum absolute atomic E-state index is 0.0395. The molecule has 1 aliphatic rings. The summed E-state index contributed by atoms with van der Waals surface area (Å²) in [6.07, 6.45) is 5.31. The molecule has 0 aromatic rings. The lowest BCUT2D eigenvalue weighted by Crippen LogP contribution is -2.54. The van der Waals surface area contributed by atoms with Crippen molar-refractivity contribution < 1.29 is 24.0 Å². The van der Waals surface area contributed by atoms with E-state index in [2.05, 4.69) is 10.6 Å². The van der Waals surface area contributed by atoms with E-state index in [9.17, 15) is 24.0 Å². The van der Waals surface area contributed by atoms with Gasteiger partial charge in [-0.2, -0.15) is 0 Å². The number of ketones is 1. The molecule has 0 aromatic heterocycles. The van der Waals surface area contributed by atoms with Gasteiger partial charge in [0, 0.05) is 30.5 Å². The van der Waals surface area contributed by atoms with Gasteiger partial charge in [-0.3, -0.25) is 28.9 Å². The summed E-state index contributed by atoms with van der Waals surface area (Å²) in [5.41, 5.74) is -0.524. The van der Waals surface area contributed by atoms with Gasteiger partial charge in [0.1, 0.15) is 6.04 Å². The highest BCUT2D eigenvalue weighted by Crippen LogP contribution is 2.22. The fourth-order valence-corrected chi connectivity index (χ4v) is 3.29. The van der Waals surface area contributed by atoms with Crippen molar-refractivity contribution in [2.45, 2.75) is 85.7 Å². The van der Waals surface area contributed by atoms with Crippen LogP contribution in [-0.4, -0.2) is 52.9 Å². The van der Waals surface area contributed by atoms with Gasteiger partial charge in [0.05, 0.1) is 6.04 Å². The third-order valence-electron chi connectivity index (χ3n) is 5.75. The summed E-state index contributed by atoms with van der Waals surface area (Å²) < 4.78 is 0. The van der Waals surface area contributed by atoms with Gasteiger partial charge in [-0.15, -0.1) is 0 Å². The topological polar surface area (TPSA) is 113 Å². The molecule has 2 atom stereocenters. The molecule has 2 N–H and O–H groups in total. The number of unbranched alkanes of at least 4 members (excludes halogenated alkanes) is 2. The van der Waals surface area contributed by atoms with Gasteiger partial charge in [-0.05, 0) is 32.1 Å². The van der Waals surface area contributed by atoms with E-state index in [4.69, 9.17) is 0 Å². The van der Waals surface area contributed by atoms with E-state index in [0.29, 0.717) is 32.2 Å². The van der Waals surface area contributed by atoms with Gasteiger partial charge in [-0.25, -0.2) is 0 Å². The minimum Gasteiger partial charge on any atom is -0.345 e. The van der Waals surface area contributed by atoms with Gasteiger partial charge in [-0.1, -0.05) is 41.0 Å². The Kier molecular flexibility index (Phi) is 10.1. The second kappa shape index (κ2) is 11.8. The monoisotopic (exact) mass is 435 g/mol. The predicted molar refractivity (Wildman–Crippen MR) is 118 cm³/mol. The zero-order valence-electron chi connectivity index (χ0n) is 19.6. The summed E-state index contributed by atoms with van der Waals surface area (Å²) in [7, 11) is 0. The fourth-order valence-electron chi connectivity index (χ4n) is 3.29. The summed E-state index contributed by atoms with van der Waals surface area (Å²) in [6.45, 7) is 11.3. The van der Waals surface area contributed by atoms with Crippen molar-refractivity contribution in [2.24, 2.45) is 11.3 Å². The van der Waals surface area contributed by atoms with Crippen molar-refractivity contribution in [1.29, 1.82) is 0 Å². The van der Waals surface area contributed by atoms with Crippen molar-refractivity contribution in [2.75, 3.05) is 6.54 Å². The van der Waals surface area contributed by atoms with Crippen LogP contribution in [0.2, 0.25) is 0 Å². The van der Waals surface area contributed by atoms with E-state index in [-0.39, 0.29) is 41.8 Å². The van der Waals surface area contributed by atoms with E-state index in [1.54, 1.807) is 6.92 Å². The molecule has 0 radical (unpaired) electrons. The lowest BCUT2D eigenvalue weighted by molar-refractivity contribution is -0.137. The normalized spacial score (nSPS) is 15.9. The Hall–Kier alpha value is -2.51. The molecule has 8 heteroatoms. The van der Waals surface area contributed by atoms with Crippen molar-refractivity contribution >= 4 is 29.4 Å². The van der Waals surface area contributed by atoms with Crippen molar-refractivity contribution in [3.05, 3.63) is 12.2 Å². The number of hydrogen-bond acceptors (Lipinski definition) is 5. The van der Waals surface area contributed by atoms with Crippen LogP contribution in [0.25, 0.3) is 0 Å². The standard InChI is InChI=1S/C23H37N3O5/c1-7-23(5,6)21(30)16(4)24-22(31)20(15(2)3)25-17(27)11-9-8-10-14-26-18(28)12-13-19(26)29/h12-13,15-16,20H,7-11,14H2,1-6H3,(H,24,31)(H,25,27)/t16-,20-/m0/s1. The number of rotatable bonds is 13. The molecule has 1 heterocycles. The number of nitrogens with zero attached hydrogens (tertiary/aromatic N) is 1. The molecule has 0 unspecified atom stereocenters. The van der Waals surface area contributed by atoms with Crippen LogP contribution in [0.1, 0.15) is 73.6 Å². The fraction of sp³-hybridized carbons (Fsp3) is 0.696. The molecule has 0 bridgehead atoms. The van der Waals surface area contributed by atoms with E-state index in [0.717, 1.165) is 0 Å². The SMILES string of the molecule is CCC(C)(C)C(=O)[C@H](C)NC(=O)[C@@H](NC(=O)CCCCCN1C(=O)C=CC1=O)C(C)C. The molecular weight excluding hydrogens is 398 g/mol. The number of nitrogens with one attached hydrogen (secondary N) is 2. The lowest BCUT2D eigenvalue weighted by Gasteiger charge is -2.28. The van der Waals surface area contributed by atoms with E-state index < -0.39 is 17.5 Å². The summed E-state index contributed by atoms with van der Waals surface area (Å²) >= 11 is 0. The number of hydrogen-bond donors (Lipinski definition) is 2. The average molecular weight is 436 g/mol. The molecule has 0 aromatic carbocycles. The Morgan fingerprint density at radius 3 is 2.06 bits per heavy atom. The van der Waals surface area contributed by atoms with Crippen molar-refractivity contribution in [3.8, 4) is 0 Å². The maximum Gasteiger partial charge on any atom is 0.253 e. The van der Waals surface area contributed by atoms with Crippen LogP contribution in [0.5, 0.6) is 0 Å². The summed E-state index contributed by atoms with van der Waals surface area (Å²) in [4.78, 5) is 61.7. The first-order valence-corrected chi connectivity index (χ1v) is 11.1. The smallest absolute Gasteiger partial charge is 0.253 e. The summed E-state index contributed by atoms with van der Waals surface area (Å²) in [5, 5.41) is 5.51. The average Bonchev–Trinajstić information content (AvgIpc) is 3.02. The van der Waals surface area contributed by atoms with Crippen LogP contribution >= 0.6 is 0 Å². The number of carbonyl (C=O) groups is 5. The zero-order chi connectivity index (χ0) is 23.8. The first-order chi connectivity index (χ1) is 14.4. The van der Waals surface area contributed by atoms with Crippen LogP contribution in [0, 0.1) is 11.3 Å². The molecular formula is C23H37N3O5. The van der Waals surface area contributed by atoms with Crippen LogP contribution in [0.15, 0.2) is 12.2 Å². The first kappa shape index (κ1) is 26.5. The number of imide groups is 1. The molecule has 0 saturated heterocycles.